The summed E-state index contributed by atoms with van der Waals surface area (Å²) in [5, 5.41) is 11.4. The standard InChI is InChI=1S/C27H24F3N3O3/c1-33(2)15-17-8-11-20(12-9-17)31-24(18-6-4-3-5-7-18)23-21-13-10-19(14-22(21)32-25(23)34)26(35)36-16-27(28,29)30/h3-14,32,34H,15-16H2,1-2H3. The molecule has 6 nitrogen and oxygen atoms in total. The number of ether oxygens (including phenoxy) is 1. The van der Waals surface area contributed by atoms with Crippen molar-refractivity contribution in [3.05, 3.63) is 95.1 Å². The third kappa shape index (κ3) is 5.92. The summed E-state index contributed by atoms with van der Waals surface area (Å²) in [5.41, 5.74) is 3.73. The van der Waals surface area contributed by atoms with E-state index in [0.29, 0.717) is 27.9 Å². The highest BCUT2D eigenvalue weighted by molar-refractivity contribution is 6.22. The van der Waals surface area contributed by atoms with Crippen LogP contribution in [0.15, 0.2) is 77.8 Å². The summed E-state index contributed by atoms with van der Waals surface area (Å²) in [6, 6.07) is 21.3. The highest BCUT2D eigenvalue weighted by Crippen LogP contribution is 2.32. The molecule has 9 heteroatoms. The molecule has 0 bridgehead atoms. The molecule has 0 unspecified atom stereocenters. The van der Waals surface area contributed by atoms with Crippen LogP contribution in [-0.4, -0.2) is 53.5 Å². The molecule has 0 spiro atoms. The predicted octanol–water partition coefficient (Wildman–Crippen LogP) is 5.82. The second kappa shape index (κ2) is 10.2. The van der Waals surface area contributed by atoms with Crippen LogP contribution in [-0.2, 0) is 11.3 Å². The number of hydrogen-bond acceptors (Lipinski definition) is 5. The second-order valence-electron chi connectivity index (χ2n) is 8.53. The SMILES string of the molecule is CN(C)Cc1ccc(N=C(c2ccccc2)c2c(O)[nH]c3cc(C(=O)OCC(F)(F)F)ccc23)cc1. The lowest BCUT2D eigenvalue weighted by molar-refractivity contribution is -0.161. The summed E-state index contributed by atoms with van der Waals surface area (Å²) < 4.78 is 41.6. The first-order valence-corrected chi connectivity index (χ1v) is 11.1. The highest BCUT2D eigenvalue weighted by atomic mass is 19.4. The average molecular weight is 496 g/mol. The highest BCUT2D eigenvalue weighted by Gasteiger charge is 2.30. The van der Waals surface area contributed by atoms with Gasteiger partial charge in [0.1, 0.15) is 0 Å². The van der Waals surface area contributed by atoms with Crippen LogP contribution >= 0.6 is 0 Å². The zero-order chi connectivity index (χ0) is 25.9. The summed E-state index contributed by atoms with van der Waals surface area (Å²) in [7, 11) is 3.97. The Morgan fingerprint density at radius 3 is 2.33 bits per heavy atom. The van der Waals surface area contributed by atoms with E-state index in [1.165, 1.54) is 12.1 Å². The number of alkyl halides is 3. The largest absolute Gasteiger partial charge is 0.494 e. The molecule has 2 N–H and O–H groups in total. The van der Waals surface area contributed by atoms with Crippen LogP contribution < -0.4 is 0 Å². The summed E-state index contributed by atoms with van der Waals surface area (Å²) in [4.78, 5) is 21.8. The normalized spacial score (nSPS) is 12.3. The van der Waals surface area contributed by atoms with Crippen molar-refractivity contribution in [2.45, 2.75) is 12.7 Å². The Hall–Kier alpha value is -4.11. The molecule has 0 aliphatic rings. The van der Waals surface area contributed by atoms with Gasteiger partial charge in [-0.25, -0.2) is 9.79 Å². The summed E-state index contributed by atoms with van der Waals surface area (Å²) in [5.74, 6) is -1.29. The number of nitrogens with zero attached hydrogens (tertiary/aromatic N) is 2. The minimum Gasteiger partial charge on any atom is -0.494 e. The minimum atomic E-state index is -4.62. The summed E-state index contributed by atoms with van der Waals surface area (Å²) >= 11 is 0. The Morgan fingerprint density at radius 2 is 1.69 bits per heavy atom. The monoisotopic (exact) mass is 495 g/mol. The number of fused-ring (bicyclic) bond motifs is 1. The number of benzene rings is 3. The molecule has 4 aromatic rings. The van der Waals surface area contributed by atoms with Gasteiger partial charge in [0, 0.05) is 23.0 Å². The Morgan fingerprint density at radius 1 is 1.00 bits per heavy atom. The van der Waals surface area contributed by atoms with Gasteiger partial charge in [-0.15, -0.1) is 0 Å². The van der Waals surface area contributed by atoms with Crippen LogP contribution in [0.25, 0.3) is 10.9 Å². The van der Waals surface area contributed by atoms with Gasteiger partial charge in [-0.05, 0) is 43.9 Å². The van der Waals surface area contributed by atoms with Crippen LogP contribution in [0.3, 0.4) is 0 Å². The zero-order valence-corrected chi connectivity index (χ0v) is 19.6. The van der Waals surface area contributed by atoms with E-state index in [1.807, 2.05) is 68.7 Å². The van der Waals surface area contributed by atoms with Gasteiger partial charge >= 0.3 is 12.1 Å². The first kappa shape index (κ1) is 25.0. The third-order valence-corrected chi connectivity index (χ3v) is 5.34. The minimum absolute atomic E-state index is 0.0748. The maximum absolute atomic E-state index is 12.4. The van der Waals surface area contributed by atoms with Crippen LogP contribution in [0.2, 0.25) is 0 Å². The Balaban J connectivity index is 1.75. The number of nitrogens with one attached hydrogen (secondary N) is 1. The summed E-state index contributed by atoms with van der Waals surface area (Å²) in [6.07, 6.45) is -4.62. The van der Waals surface area contributed by atoms with Crippen LogP contribution in [0, 0.1) is 0 Å². The number of carbonyl (C=O) groups excluding carboxylic acids is 1. The van der Waals surface area contributed by atoms with Crippen LogP contribution in [0.4, 0.5) is 18.9 Å². The number of hydrogen-bond donors (Lipinski definition) is 2. The third-order valence-electron chi connectivity index (χ3n) is 5.34. The molecule has 0 aliphatic carbocycles. The van der Waals surface area contributed by atoms with E-state index in [4.69, 9.17) is 4.99 Å². The molecule has 0 fully saturated rings. The Bertz CT molecular complexity index is 1390. The maximum atomic E-state index is 12.4. The first-order chi connectivity index (χ1) is 17.1. The van der Waals surface area contributed by atoms with Crippen molar-refractivity contribution >= 4 is 28.3 Å². The lowest BCUT2D eigenvalue weighted by Crippen LogP contribution is -2.20. The number of halogens is 3. The lowest BCUT2D eigenvalue weighted by Gasteiger charge is -2.10. The molecule has 0 saturated heterocycles. The molecule has 1 heterocycles. The van der Waals surface area contributed by atoms with E-state index in [1.54, 1.807) is 6.07 Å². The quantitative estimate of drug-likeness (QED) is 0.250. The average Bonchev–Trinajstić information content (AvgIpc) is 3.16. The topological polar surface area (TPSA) is 77.9 Å². The van der Waals surface area contributed by atoms with Crippen molar-refractivity contribution in [3.8, 4) is 5.88 Å². The van der Waals surface area contributed by atoms with Gasteiger partial charge in [0.2, 0.25) is 0 Å². The van der Waals surface area contributed by atoms with Gasteiger partial charge in [-0.3, -0.25) is 0 Å². The molecule has 0 radical (unpaired) electrons. The van der Waals surface area contributed by atoms with Crippen LogP contribution in [0.5, 0.6) is 5.88 Å². The molecular formula is C27H24F3N3O3. The number of esters is 1. The molecule has 36 heavy (non-hydrogen) atoms. The fourth-order valence-electron chi connectivity index (χ4n) is 3.81. The zero-order valence-electron chi connectivity index (χ0n) is 19.6. The van der Waals surface area contributed by atoms with Crippen molar-refractivity contribution in [2.75, 3.05) is 20.7 Å². The Kier molecular flexibility index (Phi) is 7.12. The molecule has 4 rings (SSSR count). The molecule has 0 aliphatic heterocycles. The molecule has 186 valence electrons. The van der Waals surface area contributed by atoms with E-state index < -0.39 is 18.8 Å². The second-order valence-corrected chi connectivity index (χ2v) is 8.53. The molecule has 3 aromatic carbocycles. The number of aromatic nitrogens is 1. The van der Waals surface area contributed by atoms with Crippen molar-refractivity contribution in [1.82, 2.24) is 9.88 Å². The van der Waals surface area contributed by atoms with Crippen molar-refractivity contribution < 1.29 is 27.8 Å². The van der Waals surface area contributed by atoms with E-state index in [2.05, 4.69) is 14.6 Å². The smallest absolute Gasteiger partial charge is 0.422 e. The van der Waals surface area contributed by atoms with Gasteiger partial charge in [-0.2, -0.15) is 13.2 Å². The summed E-state index contributed by atoms with van der Waals surface area (Å²) in [6.45, 7) is -0.893. The van der Waals surface area contributed by atoms with Gasteiger partial charge in [-0.1, -0.05) is 48.5 Å². The van der Waals surface area contributed by atoms with E-state index in [-0.39, 0.29) is 11.4 Å². The van der Waals surface area contributed by atoms with Crippen molar-refractivity contribution in [3.63, 3.8) is 0 Å². The van der Waals surface area contributed by atoms with Crippen LogP contribution in [0.1, 0.15) is 27.0 Å². The molecule has 0 atom stereocenters. The van der Waals surface area contributed by atoms with Crippen molar-refractivity contribution in [1.29, 1.82) is 0 Å². The Labute approximate surface area is 205 Å². The fourth-order valence-corrected chi connectivity index (χ4v) is 3.81. The number of aromatic hydroxyl groups is 1. The predicted molar refractivity (Wildman–Crippen MR) is 132 cm³/mol. The van der Waals surface area contributed by atoms with Gasteiger partial charge in [0.25, 0.3) is 0 Å². The first-order valence-electron chi connectivity index (χ1n) is 11.1. The fraction of sp³-hybridized carbons (Fsp3) is 0.185. The van der Waals surface area contributed by atoms with E-state index in [9.17, 15) is 23.1 Å². The maximum Gasteiger partial charge on any atom is 0.422 e. The number of carbonyl (C=O) groups is 1. The van der Waals surface area contributed by atoms with Gasteiger partial charge in [0.15, 0.2) is 12.5 Å². The molecule has 0 amide bonds. The molecule has 0 saturated carbocycles. The number of aromatic amines is 1. The number of aliphatic imine (C=N–C) groups is 1. The molecular weight excluding hydrogens is 471 g/mol. The van der Waals surface area contributed by atoms with Gasteiger partial charge in [0.05, 0.1) is 22.5 Å². The van der Waals surface area contributed by atoms with E-state index in [0.717, 1.165) is 17.7 Å². The number of H-pyrrole nitrogens is 1. The lowest BCUT2D eigenvalue weighted by atomic mass is 10.00. The molecule has 1 aromatic heterocycles. The van der Waals surface area contributed by atoms with Gasteiger partial charge < -0.3 is 19.7 Å². The number of rotatable bonds is 7. The van der Waals surface area contributed by atoms with E-state index >= 15 is 0 Å². The van der Waals surface area contributed by atoms with Crippen molar-refractivity contribution in [2.24, 2.45) is 4.99 Å².